The lowest BCUT2D eigenvalue weighted by Gasteiger charge is -2.21. The average molecular weight is 234 g/mol. The molecule has 0 aromatic heterocycles. The first kappa shape index (κ1) is 13.6. The van der Waals surface area contributed by atoms with Gasteiger partial charge in [0.1, 0.15) is 0 Å². The Morgan fingerprint density at radius 3 is 2.65 bits per heavy atom. The van der Waals surface area contributed by atoms with Crippen LogP contribution in [0.2, 0.25) is 0 Å². The fourth-order valence-corrected chi connectivity index (χ4v) is 1.86. The second kappa shape index (κ2) is 6.94. The monoisotopic (exact) mass is 234 g/mol. The van der Waals surface area contributed by atoms with Crippen molar-refractivity contribution in [1.82, 2.24) is 0 Å². The highest BCUT2D eigenvalue weighted by Crippen LogP contribution is 2.18. The zero-order chi connectivity index (χ0) is 12.7. The van der Waals surface area contributed by atoms with E-state index in [4.69, 9.17) is 5.73 Å². The Morgan fingerprint density at radius 1 is 1.29 bits per heavy atom. The van der Waals surface area contributed by atoms with Crippen molar-refractivity contribution in [3.05, 3.63) is 24.3 Å². The standard InChI is InChI=1S/C14H22N2O/c1-3-5-6-10-14(17)16(4-2)13-9-7-8-12(15)11-13/h7-9,11H,3-6,10,15H2,1-2H3. The number of amides is 1. The summed E-state index contributed by atoms with van der Waals surface area (Å²) in [5, 5.41) is 0. The first-order chi connectivity index (χ1) is 8.19. The van der Waals surface area contributed by atoms with Gasteiger partial charge in [0.05, 0.1) is 0 Å². The van der Waals surface area contributed by atoms with Crippen LogP contribution in [0, 0.1) is 0 Å². The lowest BCUT2D eigenvalue weighted by atomic mass is 10.1. The first-order valence-corrected chi connectivity index (χ1v) is 6.35. The van der Waals surface area contributed by atoms with Crippen molar-refractivity contribution in [2.45, 2.75) is 39.5 Å². The summed E-state index contributed by atoms with van der Waals surface area (Å²) in [5.41, 5.74) is 7.33. The van der Waals surface area contributed by atoms with Crippen molar-refractivity contribution >= 4 is 17.3 Å². The number of nitrogen functional groups attached to an aromatic ring is 1. The molecule has 0 unspecified atom stereocenters. The van der Waals surface area contributed by atoms with E-state index in [-0.39, 0.29) is 5.91 Å². The summed E-state index contributed by atoms with van der Waals surface area (Å²) in [6.45, 7) is 4.81. The smallest absolute Gasteiger partial charge is 0.226 e. The molecule has 1 rings (SSSR count). The van der Waals surface area contributed by atoms with Gasteiger partial charge in [0.15, 0.2) is 0 Å². The molecule has 0 radical (unpaired) electrons. The van der Waals surface area contributed by atoms with Gasteiger partial charge in [0.2, 0.25) is 5.91 Å². The molecule has 0 aliphatic carbocycles. The van der Waals surface area contributed by atoms with E-state index < -0.39 is 0 Å². The fourth-order valence-electron chi connectivity index (χ4n) is 1.86. The maximum Gasteiger partial charge on any atom is 0.226 e. The second-order valence-electron chi connectivity index (χ2n) is 4.19. The first-order valence-electron chi connectivity index (χ1n) is 6.35. The van der Waals surface area contributed by atoms with Crippen molar-refractivity contribution in [2.24, 2.45) is 0 Å². The summed E-state index contributed by atoms with van der Waals surface area (Å²) >= 11 is 0. The molecule has 0 fully saturated rings. The molecule has 0 bridgehead atoms. The highest BCUT2D eigenvalue weighted by atomic mass is 16.2. The molecular weight excluding hydrogens is 212 g/mol. The molecule has 1 aromatic carbocycles. The molecule has 0 atom stereocenters. The van der Waals surface area contributed by atoms with Crippen LogP contribution < -0.4 is 10.6 Å². The Balaban J connectivity index is 2.67. The third-order valence-electron chi connectivity index (χ3n) is 2.79. The summed E-state index contributed by atoms with van der Waals surface area (Å²) in [4.78, 5) is 13.8. The Hall–Kier alpha value is -1.51. The molecule has 0 spiro atoms. The molecular formula is C14H22N2O. The topological polar surface area (TPSA) is 46.3 Å². The van der Waals surface area contributed by atoms with E-state index >= 15 is 0 Å². The normalized spacial score (nSPS) is 10.2. The Kier molecular flexibility index (Phi) is 5.53. The van der Waals surface area contributed by atoms with E-state index in [1.807, 2.05) is 31.2 Å². The van der Waals surface area contributed by atoms with E-state index in [0.717, 1.165) is 24.9 Å². The van der Waals surface area contributed by atoms with Gasteiger partial charge in [-0.25, -0.2) is 0 Å². The van der Waals surface area contributed by atoms with Crippen molar-refractivity contribution in [3.63, 3.8) is 0 Å². The molecule has 2 N–H and O–H groups in total. The third-order valence-corrected chi connectivity index (χ3v) is 2.79. The molecule has 17 heavy (non-hydrogen) atoms. The number of carbonyl (C=O) groups is 1. The van der Waals surface area contributed by atoms with Gasteiger partial charge < -0.3 is 10.6 Å². The Morgan fingerprint density at radius 2 is 2.06 bits per heavy atom. The molecule has 0 saturated heterocycles. The lowest BCUT2D eigenvalue weighted by Crippen LogP contribution is -2.30. The van der Waals surface area contributed by atoms with Crippen molar-refractivity contribution in [2.75, 3.05) is 17.2 Å². The van der Waals surface area contributed by atoms with Gasteiger partial charge in [-0.05, 0) is 31.5 Å². The highest BCUT2D eigenvalue weighted by Gasteiger charge is 2.13. The van der Waals surface area contributed by atoms with Gasteiger partial charge in [0.25, 0.3) is 0 Å². The summed E-state index contributed by atoms with van der Waals surface area (Å²) in [5.74, 6) is 0.187. The van der Waals surface area contributed by atoms with Crippen molar-refractivity contribution in [3.8, 4) is 0 Å². The van der Waals surface area contributed by atoms with Crippen molar-refractivity contribution in [1.29, 1.82) is 0 Å². The van der Waals surface area contributed by atoms with E-state index in [2.05, 4.69) is 6.92 Å². The van der Waals surface area contributed by atoms with Crippen molar-refractivity contribution < 1.29 is 4.79 Å². The number of nitrogens with zero attached hydrogens (tertiary/aromatic N) is 1. The summed E-state index contributed by atoms with van der Waals surface area (Å²) in [6, 6.07) is 7.49. The number of rotatable bonds is 6. The molecule has 1 amide bonds. The number of unbranched alkanes of at least 4 members (excludes halogenated alkanes) is 2. The second-order valence-corrected chi connectivity index (χ2v) is 4.19. The van der Waals surface area contributed by atoms with Crippen LogP contribution in [0.4, 0.5) is 11.4 Å². The van der Waals surface area contributed by atoms with Crippen LogP contribution in [-0.2, 0) is 4.79 Å². The minimum absolute atomic E-state index is 0.187. The fraction of sp³-hybridized carbons (Fsp3) is 0.500. The minimum Gasteiger partial charge on any atom is -0.399 e. The van der Waals surface area contributed by atoms with Crippen LogP contribution in [0.3, 0.4) is 0 Å². The number of carbonyl (C=O) groups excluding carboxylic acids is 1. The van der Waals surface area contributed by atoms with Gasteiger partial charge in [-0.3, -0.25) is 4.79 Å². The number of hydrogen-bond acceptors (Lipinski definition) is 2. The number of anilines is 2. The van der Waals surface area contributed by atoms with Gasteiger partial charge in [-0.15, -0.1) is 0 Å². The van der Waals surface area contributed by atoms with Crippen LogP contribution in [-0.4, -0.2) is 12.5 Å². The molecule has 0 heterocycles. The summed E-state index contributed by atoms with van der Waals surface area (Å²) < 4.78 is 0. The van der Waals surface area contributed by atoms with Gasteiger partial charge in [-0.1, -0.05) is 25.8 Å². The van der Waals surface area contributed by atoms with Crippen LogP contribution in [0.5, 0.6) is 0 Å². The van der Waals surface area contributed by atoms with Crippen LogP contribution >= 0.6 is 0 Å². The number of nitrogens with two attached hydrogens (primary N) is 1. The van der Waals surface area contributed by atoms with E-state index in [1.54, 1.807) is 4.90 Å². The molecule has 3 nitrogen and oxygen atoms in total. The molecule has 0 aliphatic rings. The maximum absolute atomic E-state index is 12.0. The Bertz CT molecular complexity index is 363. The van der Waals surface area contributed by atoms with Crippen LogP contribution in [0.15, 0.2) is 24.3 Å². The predicted octanol–water partition coefficient (Wildman–Crippen LogP) is 3.20. The van der Waals surface area contributed by atoms with Gasteiger partial charge in [0, 0.05) is 24.3 Å². The largest absolute Gasteiger partial charge is 0.399 e. The SMILES string of the molecule is CCCCCC(=O)N(CC)c1cccc(N)c1. The van der Waals surface area contributed by atoms with E-state index in [0.29, 0.717) is 18.7 Å². The number of hydrogen-bond donors (Lipinski definition) is 1. The van der Waals surface area contributed by atoms with E-state index in [1.165, 1.54) is 0 Å². The average Bonchev–Trinajstić information content (AvgIpc) is 2.30. The van der Waals surface area contributed by atoms with Gasteiger partial charge in [-0.2, -0.15) is 0 Å². The minimum atomic E-state index is 0.187. The summed E-state index contributed by atoms with van der Waals surface area (Å²) in [7, 11) is 0. The molecule has 0 aliphatic heterocycles. The maximum atomic E-state index is 12.0. The molecule has 1 aromatic rings. The zero-order valence-corrected chi connectivity index (χ0v) is 10.8. The quantitative estimate of drug-likeness (QED) is 0.607. The van der Waals surface area contributed by atoms with Gasteiger partial charge >= 0.3 is 0 Å². The number of benzene rings is 1. The highest BCUT2D eigenvalue weighted by molar-refractivity contribution is 5.93. The summed E-state index contributed by atoms with van der Waals surface area (Å²) in [6.07, 6.45) is 3.84. The molecule has 0 saturated carbocycles. The lowest BCUT2D eigenvalue weighted by molar-refractivity contribution is -0.118. The van der Waals surface area contributed by atoms with E-state index in [9.17, 15) is 4.79 Å². The van der Waals surface area contributed by atoms with Crippen LogP contribution in [0.1, 0.15) is 39.5 Å². The molecule has 94 valence electrons. The third kappa shape index (κ3) is 4.10. The predicted molar refractivity (Wildman–Crippen MR) is 73.0 cm³/mol. The zero-order valence-electron chi connectivity index (χ0n) is 10.8. The van der Waals surface area contributed by atoms with Crippen LogP contribution in [0.25, 0.3) is 0 Å². The Labute approximate surface area is 104 Å². The molecule has 3 heteroatoms.